The molecule has 8 nitrogen and oxygen atoms in total. The molecule has 9 heteroatoms. The van der Waals surface area contributed by atoms with Gasteiger partial charge in [-0.05, 0) is 49.7 Å². The summed E-state index contributed by atoms with van der Waals surface area (Å²) >= 11 is 1.60. The lowest BCUT2D eigenvalue weighted by molar-refractivity contribution is -0.384. The molecule has 2 aromatic rings. The van der Waals surface area contributed by atoms with Crippen LogP contribution in [-0.2, 0) is 17.6 Å². The predicted octanol–water partition coefficient (Wildman–Crippen LogP) is 4.62. The normalized spacial score (nSPS) is 21.3. The van der Waals surface area contributed by atoms with Gasteiger partial charge in [-0.3, -0.25) is 24.6 Å². The van der Waals surface area contributed by atoms with Gasteiger partial charge in [-0.25, -0.2) is 0 Å². The number of carbonyl (C=O) groups excluding carboxylic acids is 2. The number of thiophene rings is 1. The second-order valence-corrected chi connectivity index (χ2v) is 10.1. The number of nitriles is 1. The topological polar surface area (TPSA) is 116 Å². The Morgan fingerprint density at radius 3 is 2.59 bits per heavy atom. The molecule has 0 saturated heterocycles. The predicted molar refractivity (Wildman–Crippen MR) is 125 cm³/mol. The van der Waals surface area contributed by atoms with E-state index in [1.54, 1.807) is 23.5 Å². The van der Waals surface area contributed by atoms with Crippen molar-refractivity contribution in [3.8, 4) is 6.07 Å². The maximum atomic E-state index is 13.3. The number of ketones is 1. The number of carbonyl (C=O) groups is 2. The van der Waals surface area contributed by atoms with Crippen LogP contribution in [0.1, 0.15) is 64.4 Å². The molecule has 0 saturated carbocycles. The molecular formula is C25H20N4O4S. The number of fused-ring (bicyclic) bond motifs is 6. The van der Waals surface area contributed by atoms with Gasteiger partial charge < -0.3 is 5.32 Å². The molecule has 0 radical (unpaired) electrons. The van der Waals surface area contributed by atoms with Gasteiger partial charge in [-0.15, -0.1) is 11.3 Å². The van der Waals surface area contributed by atoms with Crippen LogP contribution in [0.3, 0.4) is 0 Å². The number of anilines is 1. The number of hydrogen-bond acceptors (Lipinski definition) is 7. The zero-order valence-corrected chi connectivity index (χ0v) is 19.0. The Morgan fingerprint density at radius 1 is 1.09 bits per heavy atom. The number of nitrogens with one attached hydrogen (secondary N) is 1. The average Bonchev–Trinajstić information content (AvgIpc) is 3.23. The zero-order valence-electron chi connectivity index (χ0n) is 18.2. The minimum absolute atomic E-state index is 0.0174. The number of rotatable bonds is 2. The zero-order chi connectivity index (χ0) is 23.6. The number of allylic oxidation sites excluding steroid dienone is 3. The number of benzene rings is 1. The lowest BCUT2D eigenvalue weighted by Gasteiger charge is -2.42. The molecule has 1 amide bonds. The largest absolute Gasteiger partial charge is 0.307 e. The van der Waals surface area contributed by atoms with Crippen molar-refractivity contribution in [2.45, 2.75) is 50.9 Å². The maximum Gasteiger partial charge on any atom is 0.269 e. The summed E-state index contributed by atoms with van der Waals surface area (Å²) in [6, 6.07) is 8.24. The van der Waals surface area contributed by atoms with Crippen LogP contribution < -0.4 is 10.2 Å². The highest BCUT2D eigenvalue weighted by molar-refractivity contribution is 7.17. The molecule has 6 rings (SSSR count). The molecule has 1 aromatic carbocycles. The van der Waals surface area contributed by atoms with Crippen LogP contribution >= 0.6 is 11.3 Å². The van der Waals surface area contributed by atoms with Gasteiger partial charge in [0.05, 0.1) is 28.0 Å². The van der Waals surface area contributed by atoms with Crippen molar-refractivity contribution in [3.63, 3.8) is 0 Å². The standard InChI is InChI=1S/C25H20N4O4S/c26-12-16-20(13-8-10-14(11-9-13)29(32)33)22-17(5-3-6-18(22)30)28-23(16)27-24(31)21-15-4-1-2-7-19(15)34-25(21)28/h8-11,20H,1-7H2,(H,27,31)/t20-/m1/s1. The van der Waals surface area contributed by atoms with Gasteiger partial charge in [0.2, 0.25) is 0 Å². The maximum absolute atomic E-state index is 13.3. The minimum atomic E-state index is -0.670. The number of amides is 1. The van der Waals surface area contributed by atoms with Crippen LogP contribution in [-0.4, -0.2) is 16.6 Å². The van der Waals surface area contributed by atoms with Crippen molar-refractivity contribution < 1.29 is 14.5 Å². The van der Waals surface area contributed by atoms with Gasteiger partial charge in [0.25, 0.3) is 11.6 Å². The molecule has 4 aliphatic rings. The van der Waals surface area contributed by atoms with E-state index in [-0.39, 0.29) is 23.0 Å². The van der Waals surface area contributed by atoms with Crippen molar-refractivity contribution in [3.05, 3.63) is 78.6 Å². The highest BCUT2D eigenvalue weighted by atomic mass is 32.1. The molecule has 0 unspecified atom stereocenters. The van der Waals surface area contributed by atoms with E-state index in [2.05, 4.69) is 11.4 Å². The lowest BCUT2D eigenvalue weighted by Crippen LogP contribution is -2.46. The number of aryl methyl sites for hydroxylation is 1. The van der Waals surface area contributed by atoms with E-state index in [1.807, 2.05) is 4.90 Å². The van der Waals surface area contributed by atoms with Crippen LogP contribution in [0.5, 0.6) is 0 Å². The fraction of sp³-hybridized carbons (Fsp3) is 0.320. The third kappa shape index (κ3) is 2.88. The summed E-state index contributed by atoms with van der Waals surface area (Å²) < 4.78 is 0. The van der Waals surface area contributed by atoms with E-state index in [0.717, 1.165) is 41.9 Å². The Morgan fingerprint density at radius 2 is 1.85 bits per heavy atom. The number of nitro groups is 1. The molecule has 34 heavy (non-hydrogen) atoms. The Hall–Kier alpha value is -3.77. The van der Waals surface area contributed by atoms with E-state index < -0.39 is 10.8 Å². The molecule has 2 aliphatic heterocycles. The summed E-state index contributed by atoms with van der Waals surface area (Å²) in [6.45, 7) is 0. The third-order valence-corrected chi connectivity index (χ3v) is 8.40. The first kappa shape index (κ1) is 20.8. The average molecular weight is 473 g/mol. The summed E-state index contributed by atoms with van der Waals surface area (Å²) in [7, 11) is 0. The van der Waals surface area contributed by atoms with Crippen LogP contribution in [0.4, 0.5) is 10.7 Å². The van der Waals surface area contributed by atoms with Crippen molar-refractivity contribution in [1.82, 2.24) is 5.32 Å². The SMILES string of the molecule is N#CC1=C2NC(=O)c3c(sc4c3CCCC4)N2C2=C(C(=O)CCC2)[C@@H]1c1ccc([N+](=O)[O-])cc1. The van der Waals surface area contributed by atoms with E-state index in [4.69, 9.17) is 0 Å². The molecule has 2 aliphatic carbocycles. The molecular weight excluding hydrogens is 452 g/mol. The second-order valence-electron chi connectivity index (χ2n) is 8.97. The molecule has 170 valence electrons. The van der Waals surface area contributed by atoms with E-state index in [0.29, 0.717) is 41.8 Å². The molecule has 3 heterocycles. The number of non-ortho nitro benzene ring substituents is 1. The highest BCUT2D eigenvalue weighted by Gasteiger charge is 2.46. The summed E-state index contributed by atoms with van der Waals surface area (Å²) in [5.41, 5.74) is 4.02. The molecule has 0 bridgehead atoms. The number of nitrogens with zero attached hydrogens (tertiary/aromatic N) is 3. The highest BCUT2D eigenvalue weighted by Crippen LogP contribution is 2.52. The van der Waals surface area contributed by atoms with Crippen LogP contribution in [0.25, 0.3) is 0 Å². The summed E-state index contributed by atoms with van der Waals surface area (Å²) in [5, 5.41) is 25.2. The van der Waals surface area contributed by atoms with Gasteiger partial charge in [0.1, 0.15) is 10.8 Å². The first-order valence-corrected chi connectivity index (χ1v) is 12.2. The Balaban J connectivity index is 1.59. The van der Waals surface area contributed by atoms with Crippen LogP contribution in [0.15, 0.2) is 46.9 Å². The number of nitro benzene ring substituents is 1. The number of Topliss-reactive ketones (excluding diaryl/α,β-unsaturated/α-hetero) is 1. The van der Waals surface area contributed by atoms with Crippen molar-refractivity contribution in [1.29, 1.82) is 5.26 Å². The Bertz CT molecular complexity index is 1390. The van der Waals surface area contributed by atoms with Gasteiger partial charge in [-0.2, -0.15) is 5.26 Å². The Kier molecular flexibility index (Phi) is 4.67. The van der Waals surface area contributed by atoms with Crippen LogP contribution in [0.2, 0.25) is 0 Å². The summed E-state index contributed by atoms with van der Waals surface area (Å²) in [6.07, 6.45) is 5.69. The number of hydrogen-bond donors (Lipinski definition) is 1. The van der Waals surface area contributed by atoms with Gasteiger partial charge in [-0.1, -0.05) is 12.1 Å². The van der Waals surface area contributed by atoms with Crippen molar-refractivity contribution in [2.75, 3.05) is 4.90 Å². The first-order valence-electron chi connectivity index (χ1n) is 11.4. The van der Waals surface area contributed by atoms with E-state index in [1.165, 1.54) is 17.0 Å². The minimum Gasteiger partial charge on any atom is -0.307 e. The quantitative estimate of drug-likeness (QED) is 0.503. The molecule has 0 fully saturated rings. The van der Waals surface area contributed by atoms with E-state index in [9.17, 15) is 25.0 Å². The monoisotopic (exact) mass is 472 g/mol. The van der Waals surface area contributed by atoms with Crippen molar-refractivity contribution in [2.24, 2.45) is 0 Å². The second kappa shape index (κ2) is 7.64. The molecule has 1 N–H and O–H groups in total. The fourth-order valence-electron chi connectivity index (χ4n) is 5.64. The van der Waals surface area contributed by atoms with E-state index >= 15 is 0 Å². The molecule has 1 aromatic heterocycles. The Labute approximate surface area is 199 Å². The van der Waals surface area contributed by atoms with Gasteiger partial charge in [0, 0.05) is 34.7 Å². The van der Waals surface area contributed by atoms with Crippen LogP contribution in [0, 0.1) is 21.4 Å². The lowest BCUT2D eigenvalue weighted by atomic mass is 9.75. The third-order valence-electron chi connectivity index (χ3n) is 7.13. The van der Waals surface area contributed by atoms with Gasteiger partial charge in [0.15, 0.2) is 5.78 Å². The smallest absolute Gasteiger partial charge is 0.269 e. The van der Waals surface area contributed by atoms with Gasteiger partial charge >= 0.3 is 0 Å². The summed E-state index contributed by atoms with van der Waals surface area (Å²) in [5.74, 6) is -0.482. The molecule has 1 atom stereocenters. The summed E-state index contributed by atoms with van der Waals surface area (Å²) in [4.78, 5) is 40.4. The fourth-order valence-corrected chi connectivity index (χ4v) is 7.06. The molecule has 0 spiro atoms. The first-order chi connectivity index (χ1) is 16.5. The van der Waals surface area contributed by atoms with Crippen molar-refractivity contribution >= 4 is 33.7 Å².